The topological polar surface area (TPSA) is 52.0 Å². The summed E-state index contributed by atoms with van der Waals surface area (Å²) in [5.74, 6) is 0.799. The summed E-state index contributed by atoms with van der Waals surface area (Å²) < 4.78 is 1.55. The van der Waals surface area contributed by atoms with Crippen molar-refractivity contribution in [2.24, 2.45) is 0 Å². The van der Waals surface area contributed by atoms with E-state index in [2.05, 4.69) is 5.10 Å². The lowest BCUT2D eigenvalue weighted by atomic mass is 9.94. The summed E-state index contributed by atoms with van der Waals surface area (Å²) in [7, 11) is 0. The van der Waals surface area contributed by atoms with E-state index in [1.165, 1.54) is 12.8 Å². The zero-order chi connectivity index (χ0) is 11.8. The second-order valence-electron chi connectivity index (χ2n) is 5.10. The highest BCUT2D eigenvalue weighted by Crippen LogP contribution is 2.38. The Balaban J connectivity index is 1.92. The summed E-state index contributed by atoms with van der Waals surface area (Å²) in [4.78, 5) is 23.3. The molecule has 17 heavy (non-hydrogen) atoms. The van der Waals surface area contributed by atoms with E-state index in [-0.39, 0.29) is 17.4 Å². The van der Waals surface area contributed by atoms with Gasteiger partial charge in [0, 0.05) is 24.8 Å². The van der Waals surface area contributed by atoms with Crippen LogP contribution in [0.15, 0.2) is 16.9 Å². The summed E-state index contributed by atoms with van der Waals surface area (Å²) in [5, 5.41) is 4.44. The number of carbonyl (C=O) groups is 1. The lowest BCUT2D eigenvalue weighted by Crippen LogP contribution is -2.30. The highest BCUT2D eigenvalue weighted by Gasteiger charge is 2.27. The molecular formula is C13H16N2O2. The predicted octanol–water partition coefficient (Wildman–Crippen LogP) is 1.80. The molecule has 0 bridgehead atoms. The number of hydrogen-bond donors (Lipinski definition) is 0. The van der Waals surface area contributed by atoms with Crippen molar-refractivity contribution in [3.63, 3.8) is 0 Å². The summed E-state index contributed by atoms with van der Waals surface area (Å²) >= 11 is 0. The number of hydrogen-bond acceptors (Lipinski definition) is 3. The van der Waals surface area contributed by atoms with Gasteiger partial charge >= 0.3 is 0 Å². The third-order valence-corrected chi connectivity index (χ3v) is 3.64. The van der Waals surface area contributed by atoms with Crippen LogP contribution < -0.4 is 5.56 Å². The molecule has 0 N–H and O–H groups in total. The van der Waals surface area contributed by atoms with Gasteiger partial charge in [0.15, 0.2) is 0 Å². The molecule has 1 aromatic rings. The van der Waals surface area contributed by atoms with Crippen LogP contribution in [0.4, 0.5) is 0 Å². The van der Waals surface area contributed by atoms with Gasteiger partial charge < -0.3 is 0 Å². The smallest absolute Gasteiger partial charge is 0.267 e. The van der Waals surface area contributed by atoms with Crippen LogP contribution in [-0.2, 0) is 4.79 Å². The first-order chi connectivity index (χ1) is 8.24. The van der Waals surface area contributed by atoms with Crippen LogP contribution >= 0.6 is 0 Å². The first-order valence-corrected chi connectivity index (χ1v) is 6.35. The minimum Gasteiger partial charge on any atom is -0.300 e. The number of carbonyl (C=O) groups excluding carboxylic acids is 1. The molecule has 4 nitrogen and oxygen atoms in total. The van der Waals surface area contributed by atoms with E-state index in [1.807, 2.05) is 6.07 Å². The summed E-state index contributed by atoms with van der Waals surface area (Å²) in [6.07, 6.45) is 5.26. The van der Waals surface area contributed by atoms with Crippen molar-refractivity contribution in [1.29, 1.82) is 0 Å². The van der Waals surface area contributed by atoms with E-state index in [1.54, 1.807) is 10.7 Å². The normalized spacial score (nSPS) is 24.9. The van der Waals surface area contributed by atoms with Crippen molar-refractivity contribution in [2.75, 3.05) is 0 Å². The fourth-order valence-electron chi connectivity index (χ4n) is 2.51. The third-order valence-electron chi connectivity index (χ3n) is 3.64. The molecule has 0 spiro atoms. The van der Waals surface area contributed by atoms with Crippen LogP contribution in [0.25, 0.3) is 0 Å². The third kappa shape index (κ3) is 2.16. The molecule has 1 heterocycles. The second-order valence-corrected chi connectivity index (χ2v) is 5.10. The van der Waals surface area contributed by atoms with Gasteiger partial charge in [0.05, 0.1) is 11.7 Å². The fourth-order valence-corrected chi connectivity index (χ4v) is 2.51. The first kappa shape index (κ1) is 10.7. The molecule has 0 aliphatic heterocycles. The summed E-state index contributed by atoms with van der Waals surface area (Å²) in [6.45, 7) is 0. The van der Waals surface area contributed by atoms with Gasteiger partial charge in [0.2, 0.25) is 0 Å². The Kier molecular flexibility index (Phi) is 2.57. The number of nitrogens with zero attached hydrogens (tertiary/aromatic N) is 2. The second kappa shape index (κ2) is 4.09. The van der Waals surface area contributed by atoms with Crippen LogP contribution in [0.2, 0.25) is 0 Å². The van der Waals surface area contributed by atoms with Gasteiger partial charge in [-0.3, -0.25) is 9.59 Å². The minimum absolute atomic E-state index is 0.0116. The zero-order valence-corrected chi connectivity index (χ0v) is 9.76. The maximum atomic E-state index is 11.8. The van der Waals surface area contributed by atoms with E-state index >= 15 is 0 Å². The number of Topliss-reactive ketones (excluding diaryl/α,β-unsaturated/α-hetero) is 1. The van der Waals surface area contributed by atoms with Gasteiger partial charge in [0.1, 0.15) is 5.78 Å². The van der Waals surface area contributed by atoms with Crippen molar-refractivity contribution in [3.05, 3.63) is 28.2 Å². The first-order valence-electron chi connectivity index (χ1n) is 6.35. The van der Waals surface area contributed by atoms with Crippen LogP contribution in [0, 0.1) is 0 Å². The Morgan fingerprint density at radius 1 is 1.18 bits per heavy atom. The summed E-state index contributed by atoms with van der Waals surface area (Å²) in [6, 6.07) is 3.42. The molecule has 0 amide bonds. The SMILES string of the molecule is O=C1CCCC(n2nc(C3CC3)ccc2=O)C1. The summed E-state index contributed by atoms with van der Waals surface area (Å²) in [5.41, 5.74) is 0.941. The lowest BCUT2D eigenvalue weighted by molar-refractivity contribution is -0.121. The van der Waals surface area contributed by atoms with Crippen LogP contribution in [0.5, 0.6) is 0 Å². The number of rotatable bonds is 2. The van der Waals surface area contributed by atoms with Gasteiger partial charge in [-0.2, -0.15) is 5.10 Å². The Bertz CT molecular complexity index is 502. The molecule has 1 aromatic heterocycles. The molecule has 0 aromatic carbocycles. The molecule has 0 saturated heterocycles. The average molecular weight is 232 g/mol. The monoisotopic (exact) mass is 232 g/mol. The molecule has 1 atom stereocenters. The highest BCUT2D eigenvalue weighted by molar-refractivity contribution is 5.79. The Morgan fingerprint density at radius 2 is 2.00 bits per heavy atom. The predicted molar refractivity (Wildman–Crippen MR) is 63.0 cm³/mol. The Labute approximate surface area is 99.6 Å². The lowest BCUT2D eigenvalue weighted by Gasteiger charge is -2.22. The standard InChI is InChI=1S/C13H16N2O2/c16-11-3-1-2-10(8-11)15-13(17)7-6-12(14-15)9-4-5-9/h6-7,9-10H,1-5,8H2. The molecule has 90 valence electrons. The molecule has 2 saturated carbocycles. The maximum absolute atomic E-state index is 11.8. The average Bonchev–Trinajstić information content (AvgIpc) is 3.14. The highest BCUT2D eigenvalue weighted by atomic mass is 16.1. The van der Waals surface area contributed by atoms with Gasteiger partial charge in [0.25, 0.3) is 5.56 Å². The van der Waals surface area contributed by atoms with Crippen molar-refractivity contribution < 1.29 is 4.79 Å². The van der Waals surface area contributed by atoms with E-state index in [0.717, 1.165) is 18.5 Å². The molecule has 1 unspecified atom stereocenters. The molecule has 0 radical (unpaired) electrons. The van der Waals surface area contributed by atoms with E-state index < -0.39 is 0 Å². The minimum atomic E-state index is -0.0749. The molecule has 2 aliphatic carbocycles. The molecule has 2 aliphatic rings. The van der Waals surface area contributed by atoms with Crippen molar-refractivity contribution >= 4 is 5.78 Å². The number of ketones is 1. The van der Waals surface area contributed by atoms with Crippen molar-refractivity contribution in [1.82, 2.24) is 9.78 Å². The fraction of sp³-hybridized carbons (Fsp3) is 0.615. The van der Waals surface area contributed by atoms with Crippen LogP contribution in [0.3, 0.4) is 0 Å². The van der Waals surface area contributed by atoms with E-state index in [9.17, 15) is 9.59 Å². The van der Waals surface area contributed by atoms with Crippen molar-refractivity contribution in [3.8, 4) is 0 Å². The largest absolute Gasteiger partial charge is 0.300 e. The molecule has 3 rings (SSSR count). The Hall–Kier alpha value is -1.45. The maximum Gasteiger partial charge on any atom is 0.267 e. The number of aromatic nitrogens is 2. The van der Waals surface area contributed by atoms with E-state index in [4.69, 9.17) is 0 Å². The zero-order valence-electron chi connectivity index (χ0n) is 9.76. The molecule has 2 fully saturated rings. The Morgan fingerprint density at radius 3 is 2.71 bits per heavy atom. The van der Waals surface area contributed by atoms with Gasteiger partial charge in [-0.1, -0.05) is 0 Å². The van der Waals surface area contributed by atoms with E-state index in [0.29, 0.717) is 18.8 Å². The quantitative estimate of drug-likeness (QED) is 0.781. The molecule has 4 heteroatoms. The van der Waals surface area contributed by atoms with Gasteiger partial charge in [-0.25, -0.2) is 4.68 Å². The molecular weight excluding hydrogens is 216 g/mol. The van der Waals surface area contributed by atoms with Gasteiger partial charge in [-0.05, 0) is 31.7 Å². The van der Waals surface area contributed by atoms with Gasteiger partial charge in [-0.15, -0.1) is 0 Å². The van der Waals surface area contributed by atoms with Crippen LogP contribution in [0.1, 0.15) is 56.2 Å². The van der Waals surface area contributed by atoms with Crippen LogP contribution in [-0.4, -0.2) is 15.6 Å². The van der Waals surface area contributed by atoms with Crippen molar-refractivity contribution in [2.45, 2.75) is 50.5 Å².